The molecule has 18 heteroatoms. The summed E-state index contributed by atoms with van der Waals surface area (Å²) in [4.78, 5) is 67.8. The molecular formula is C46H60N8O8S2. The van der Waals surface area contributed by atoms with Gasteiger partial charge in [0, 0.05) is 49.8 Å². The fourth-order valence-electron chi connectivity index (χ4n) is 8.46. The number of carbonyl (C=O) groups excluding carboxylic acids is 4. The first kappa shape index (κ1) is 46.7. The molecule has 64 heavy (non-hydrogen) atoms. The van der Waals surface area contributed by atoms with Gasteiger partial charge in [-0.05, 0) is 84.9 Å². The Balaban J connectivity index is 1.21. The summed E-state index contributed by atoms with van der Waals surface area (Å²) in [7, 11) is -1.59. The standard InChI is InChI=1S/C46H60N8O8S2/c1-28(2)54-36-21-15-19-34(40-47-32(27-63-40)23-30-17-14-16-29(3)22-30)38(36)49-43(54)61-33-24-37-39(55)50-46(42(57)51-64(59,60)52(7)8)25-31(46)18-12-10-9-11-13-20-35(41(56)53(37)26-33)48-44(58)62-45(4,5)6/h12,14-19,21-22,27-28,31,33,35,37H,9-11,13,20,23-26H2,1-8H3,(H,48,58)(H,50,55)(H,51,57)/b18-12-/t31-,33-,35+,37+,46-/m1/s1. The summed E-state index contributed by atoms with van der Waals surface area (Å²) in [6, 6.07) is 12.3. The summed E-state index contributed by atoms with van der Waals surface area (Å²) in [6.07, 6.45) is 6.26. The molecule has 2 aromatic heterocycles. The van der Waals surface area contributed by atoms with Crippen molar-refractivity contribution in [1.82, 2.24) is 39.1 Å². The maximum Gasteiger partial charge on any atom is 0.408 e. The van der Waals surface area contributed by atoms with Crippen LogP contribution in [0.1, 0.15) is 102 Å². The van der Waals surface area contributed by atoms with Gasteiger partial charge in [0.15, 0.2) is 0 Å². The molecule has 4 aromatic rings. The number of aryl methyl sites for hydroxylation is 1. The second-order valence-electron chi connectivity index (χ2n) is 18.6. The number of hydrogen-bond donors (Lipinski definition) is 3. The van der Waals surface area contributed by atoms with Crippen LogP contribution < -0.4 is 20.1 Å². The average molecular weight is 917 g/mol. The van der Waals surface area contributed by atoms with Crippen molar-refractivity contribution in [3.63, 3.8) is 0 Å². The molecule has 16 nitrogen and oxygen atoms in total. The summed E-state index contributed by atoms with van der Waals surface area (Å²) in [6.45, 7) is 11.3. The summed E-state index contributed by atoms with van der Waals surface area (Å²) < 4.78 is 42.9. The first-order valence-electron chi connectivity index (χ1n) is 22.0. The topological polar surface area (TPSA) is 194 Å². The van der Waals surface area contributed by atoms with Gasteiger partial charge in [0.25, 0.3) is 11.9 Å². The molecule has 1 saturated carbocycles. The number of allylic oxidation sites excluding steroid dienone is 1. The van der Waals surface area contributed by atoms with E-state index in [1.165, 1.54) is 30.1 Å². The zero-order valence-corrected chi connectivity index (χ0v) is 39.5. The van der Waals surface area contributed by atoms with Gasteiger partial charge in [-0.1, -0.05) is 60.9 Å². The average Bonchev–Trinajstić information content (AvgIpc) is 3.52. The van der Waals surface area contributed by atoms with E-state index in [1.54, 1.807) is 32.1 Å². The normalized spacial score (nSPS) is 23.8. The number of thiazole rings is 1. The Morgan fingerprint density at radius 3 is 2.56 bits per heavy atom. The number of carbonyl (C=O) groups is 4. The molecule has 0 radical (unpaired) electrons. The third-order valence-electron chi connectivity index (χ3n) is 11.8. The summed E-state index contributed by atoms with van der Waals surface area (Å²) >= 11 is 1.54. The van der Waals surface area contributed by atoms with Gasteiger partial charge in [0.05, 0.1) is 17.8 Å². The summed E-state index contributed by atoms with van der Waals surface area (Å²) in [5.41, 5.74) is 3.29. The van der Waals surface area contributed by atoms with Crippen LogP contribution in [0.4, 0.5) is 4.79 Å². The van der Waals surface area contributed by atoms with Crippen LogP contribution in [0.5, 0.6) is 6.01 Å². The highest BCUT2D eigenvalue weighted by Gasteiger charge is 2.62. The Kier molecular flexibility index (Phi) is 13.6. The van der Waals surface area contributed by atoms with Crippen LogP contribution in [0.2, 0.25) is 0 Å². The highest BCUT2D eigenvalue weighted by Crippen LogP contribution is 2.46. The number of fused-ring (bicyclic) bond motifs is 3. The van der Waals surface area contributed by atoms with E-state index in [-0.39, 0.29) is 25.4 Å². The predicted octanol–water partition coefficient (Wildman–Crippen LogP) is 6.20. The Hall–Kier alpha value is -5.33. The number of ether oxygens (including phenoxy) is 2. The number of alkyl carbamates (subject to hydrolysis) is 1. The predicted molar refractivity (Wildman–Crippen MR) is 245 cm³/mol. The molecule has 2 fully saturated rings. The number of aromatic nitrogens is 3. The van der Waals surface area contributed by atoms with Crippen molar-refractivity contribution in [2.75, 3.05) is 20.6 Å². The zero-order chi connectivity index (χ0) is 46.1. The number of nitrogens with one attached hydrogen (secondary N) is 3. The number of para-hydroxylation sites is 1. The second kappa shape index (κ2) is 18.6. The molecule has 2 aromatic carbocycles. The number of nitrogens with zero attached hydrogens (tertiary/aromatic N) is 5. The van der Waals surface area contributed by atoms with Gasteiger partial charge in [0.2, 0.25) is 11.8 Å². The molecule has 2 aliphatic heterocycles. The molecule has 1 saturated heterocycles. The number of rotatable bonds is 10. The molecule has 0 unspecified atom stereocenters. The molecule has 4 heterocycles. The van der Waals surface area contributed by atoms with Crippen molar-refractivity contribution < 1.29 is 37.1 Å². The lowest BCUT2D eigenvalue weighted by Crippen LogP contribution is -2.58. The minimum Gasteiger partial charge on any atom is -0.459 e. The van der Waals surface area contributed by atoms with Crippen molar-refractivity contribution in [1.29, 1.82) is 0 Å². The first-order chi connectivity index (χ1) is 30.2. The van der Waals surface area contributed by atoms with Gasteiger partial charge in [-0.15, -0.1) is 11.3 Å². The second-order valence-corrected chi connectivity index (χ2v) is 21.3. The van der Waals surface area contributed by atoms with E-state index in [2.05, 4.69) is 45.9 Å². The molecule has 3 N–H and O–H groups in total. The fourth-order valence-corrected chi connectivity index (χ4v) is 9.90. The first-order valence-corrected chi connectivity index (χ1v) is 24.3. The Bertz CT molecular complexity index is 2540. The highest BCUT2D eigenvalue weighted by atomic mass is 32.2. The van der Waals surface area contributed by atoms with Gasteiger partial charge in [-0.2, -0.15) is 17.7 Å². The number of imidazole rings is 1. The van der Waals surface area contributed by atoms with Gasteiger partial charge in [-0.3, -0.25) is 19.0 Å². The minimum absolute atomic E-state index is 0.0217. The van der Waals surface area contributed by atoms with E-state index < -0.39 is 69.3 Å². The summed E-state index contributed by atoms with van der Waals surface area (Å²) in [5.74, 6) is -2.50. The molecule has 0 bridgehead atoms. The summed E-state index contributed by atoms with van der Waals surface area (Å²) in [5, 5.41) is 8.54. The monoisotopic (exact) mass is 916 g/mol. The Morgan fingerprint density at radius 1 is 1.08 bits per heavy atom. The van der Waals surface area contributed by atoms with Crippen molar-refractivity contribution in [2.45, 2.75) is 128 Å². The third-order valence-corrected chi connectivity index (χ3v) is 14.1. The van der Waals surface area contributed by atoms with Gasteiger partial charge in [0.1, 0.15) is 39.9 Å². The van der Waals surface area contributed by atoms with Gasteiger partial charge in [-0.25, -0.2) is 14.5 Å². The molecular weight excluding hydrogens is 857 g/mol. The van der Waals surface area contributed by atoms with Gasteiger partial charge >= 0.3 is 16.3 Å². The lowest BCUT2D eigenvalue weighted by molar-refractivity contribution is -0.141. The number of amides is 4. The lowest BCUT2D eigenvalue weighted by atomic mass is 10.0. The highest BCUT2D eigenvalue weighted by molar-refractivity contribution is 7.87. The van der Waals surface area contributed by atoms with Crippen LogP contribution >= 0.6 is 11.3 Å². The number of benzene rings is 2. The third kappa shape index (κ3) is 10.4. The molecule has 3 aliphatic rings. The van der Waals surface area contributed by atoms with E-state index >= 15 is 0 Å². The molecule has 1 aliphatic carbocycles. The maximum absolute atomic E-state index is 14.7. The minimum atomic E-state index is -4.19. The van der Waals surface area contributed by atoms with Crippen LogP contribution in [0.3, 0.4) is 0 Å². The van der Waals surface area contributed by atoms with Crippen LogP contribution in [-0.2, 0) is 35.8 Å². The molecule has 5 atom stereocenters. The van der Waals surface area contributed by atoms with Crippen molar-refractivity contribution in [3.05, 3.63) is 76.8 Å². The van der Waals surface area contributed by atoms with E-state index in [9.17, 15) is 27.6 Å². The van der Waals surface area contributed by atoms with Crippen molar-refractivity contribution in [2.24, 2.45) is 5.92 Å². The Morgan fingerprint density at radius 2 is 1.84 bits per heavy atom. The van der Waals surface area contributed by atoms with E-state index in [0.29, 0.717) is 37.2 Å². The van der Waals surface area contributed by atoms with E-state index in [1.807, 2.05) is 54.8 Å². The Labute approximate surface area is 379 Å². The number of hydrogen-bond acceptors (Lipinski definition) is 11. The molecule has 7 rings (SSSR count). The fraction of sp³-hybridized carbons (Fsp3) is 0.522. The van der Waals surface area contributed by atoms with Crippen molar-refractivity contribution in [3.8, 4) is 16.6 Å². The molecule has 4 amide bonds. The quantitative estimate of drug-likeness (QED) is 0.154. The van der Waals surface area contributed by atoms with Crippen molar-refractivity contribution >= 4 is 56.4 Å². The smallest absolute Gasteiger partial charge is 0.408 e. The lowest BCUT2D eigenvalue weighted by Gasteiger charge is -2.30. The SMILES string of the molecule is Cc1cccc(Cc2csc(-c3cccc4c3nc(O[C@@H]3C[C@H]5C(=O)N[C@]6(C(=O)NS(=O)(=O)N(C)C)C[C@H]6/C=C\CCCCC[C@H](NC(=O)OC(C)(C)C)C(=O)N5C3)n4C(C)C)n2)c1. The largest absolute Gasteiger partial charge is 0.459 e. The van der Waals surface area contributed by atoms with Crippen LogP contribution in [0.15, 0.2) is 60.0 Å². The maximum atomic E-state index is 14.7. The molecule has 0 spiro atoms. The van der Waals surface area contributed by atoms with Crippen LogP contribution in [0.25, 0.3) is 21.6 Å². The van der Waals surface area contributed by atoms with Gasteiger partial charge < -0.3 is 25.0 Å². The van der Waals surface area contributed by atoms with E-state index in [4.69, 9.17) is 19.4 Å². The van der Waals surface area contributed by atoms with E-state index in [0.717, 1.165) is 38.9 Å². The van der Waals surface area contributed by atoms with Crippen LogP contribution in [-0.4, -0.2) is 106 Å². The van der Waals surface area contributed by atoms with Crippen LogP contribution in [0, 0.1) is 12.8 Å². The zero-order valence-electron chi connectivity index (χ0n) is 37.8. The molecule has 344 valence electrons.